The molecule has 0 radical (unpaired) electrons. The van der Waals surface area contributed by atoms with Gasteiger partial charge in [-0.2, -0.15) is 5.10 Å². The molecular formula is C15H12N4O7. The van der Waals surface area contributed by atoms with Gasteiger partial charge in [-0.15, -0.1) is 0 Å². The number of para-hydroxylation sites is 1. The monoisotopic (exact) mass is 360 g/mol. The number of non-ortho nitro benzene ring substituents is 1. The van der Waals surface area contributed by atoms with Crippen LogP contribution < -0.4 is 10.2 Å². The number of carbonyl (C=O) groups excluding carboxylic acids is 1. The molecule has 2 aromatic carbocycles. The number of aromatic hydroxyl groups is 1. The molecule has 2 rings (SSSR count). The van der Waals surface area contributed by atoms with Gasteiger partial charge < -0.3 is 9.84 Å². The maximum atomic E-state index is 11.6. The van der Waals surface area contributed by atoms with E-state index < -0.39 is 32.9 Å². The van der Waals surface area contributed by atoms with Crippen LogP contribution in [0.15, 0.2) is 47.6 Å². The standard InChI is InChI=1S/C15H12N4O7/c20-14(9-26-12-4-2-1-3-5-12)17-16-8-10-6-11(18(22)23)7-13(15(10)21)19(24)25/h1-8,21H,9H2,(H,17,20)/b16-8+. The highest BCUT2D eigenvalue weighted by atomic mass is 16.6. The molecule has 2 aromatic rings. The molecule has 134 valence electrons. The molecule has 0 aliphatic heterocycles. The highest BCUT2D eigenvalue weighted by Gasteiger charge is 2.23. The number of nitro benzene ring substituents is 2. The fourth-order valence-corrected chi connectivity index (χ4v) is 1.84. The van der Waals surface area contributed by atoms with Gasteiger partial charge in [0.25, 0.3) is 11.6 Å². The van der Waals surface area contributed by atoms with Crippen molar-refractivity contribution in [1.82, 2.24) is 5.43 Å². The number of phenolic OH excluding ortho intramolecular Hbond substituents is 1. The van der Waals surface area contributed by atoms with Crippen molar-refractivity contribution >= 4 is 23.5 Å². The van der Waals surface area contributed by atoms with Gasteiger partial charge in [-0.3, -0.25) is 25.0 Å². The summed E-state index contributed by atoms with van der Waals surface area (Å²) in [6, 6.07) is 10.0. The van der Waals surface area contributed by atoms with Crippen LogP contribution in [0.1, 0.15) is 5.56 Å². The summed E-state index contributed by atoms with van der Waals surface area (Å²) in [5, 5.41) is 35.0. The van der Waals surface area contributed by atoms with Crippen LogP contribution in [-0.2, 0) is 4.79 Å². The van der Waals surface area contributed by atoms with Crippen molar-refractivity contribution in [3.63, 3.8) is 0 Å². The molecule has 11 heteroatoms. The predicted octanol–water partition coefficient (Wildman–Crippen LogP) is 1.74. The Balaban J connectivity index is 2.06. The van der Waals surface area contributed by atoms with E-state index in [1.54, 1.807) is 30.3 Å². The number of carbonyl (C=O) groups is 1. The van der Waals surface area contributed by atoms with Crippen LogP contribution in [0.2, 0.25) is 0 Å². The van der Waals surface area contributed by atoms with E-state index in [0.29, 0.717) is 11.8 Å². The lowest BCUT2D eigenvalue weighted by molar-refractivity contribution is -0.394. The van der Waals surface area contributed by atoms with E-state index in [9.17, 15) is 30.1 Å². The molecule has 0 spiro atoms. The van der Waals surface area contributed by atoms with Gasteiger partial charge in [0.2, 0.25) is 5.75 Å². The van der Waals surface area contributed by atoms with E-state index in [0.717, 1.165) is 12.3 Å². The Hall–Kier alpha value is -4.02. The summed E-state index contributed by atoms with van der Waals surface area (Å²) in [6.45, 7) is -0.345. The molecule has 0 unspecified atom stereocenters. The average Bonchev–Trinajstić information content (AvgIpc) is 2.61. The zero-order valence-corrected chi connectivity index (χ0v) is 13.1. The molecule has 0 heterocycles. The van der Waals surface area contributed by atoms with Crippen molar-refractivity contribution in [3.05, 3.63) is 68.3 Å². The highest BCUT2D eigenvalue weighted by molar-refractivity contribution is 5.88. The van der Waals surface area contributed by atoms with Gasteiger partial charge in [-0.05, 0) is 12.1 Å². The van der Waals surface area contributed by atoms with E-state index in [-0.39, 0.29) is 12.2 Å². The number of hydrogen-bond acceptors (Lipinski definition) is 8. The van der Waals surface area contributed by atoms with Gasteiger partial charge in [-0.1, -0.05) is 18.2 Å². The number of rotatable bonds is 7. The molecule has 0 aliphatic rings. The summed E-state index contributed by atoms with van der Waals surface area (Å²) < 4.78 is 5.18. The second-order valence-corrected chi connectivity index (χ2v) is 4.81. The third kappa shape index (κ3) is 4.74. The summed E-state index contributed by atoms with van der Waals surface area (Å²) in [5.41, 5.74) is 0.335. The average molecular weight is 360 g/mol. The molecule has 0 fully saturated rings. The van der Waals surface area contributed by atoms with Crippen LogP contribution in [0.25, 0.3) is 0 Å². The van der Waals surface area contributed by atoms with Crippen molar-refractivity contribution in [1.29, 1.82) is 0 Å². The minimum Gasteiger partial charge on any atom is -0.502 e. The second kappa shape index (κ2) is 8.19. The van der Waals surface area contributed by atoms with Crippen molar-refractivity contribution < 1.29 is 24.5 Å². The lowest BCUT2D eigenvalue weighted by atomic mass is 10.1. The zero-order chi connectivity index (χ0) is 19.1. The summed E-state index contributed by atoms with van der Waals surface area (Å²) in [7, 11) is 0. The molecule has 26 heavy (non-hydrogen) atoms. The van der Waals surface area contributed by atoms with Gasteiger partial charge in [0, 0.05) is 6.07 Å². The van der Waals surface area contributed by atoms with Gasteiger partial charge in [0.1, 0.15) is 5.75 Å². The largest absolute Gasteiger partial charge is 0.502 e. The zero-order valence-electron chi connectivity index (χ0n) is 13.1. The van der Waals surface area contributed by atoms with E-state index in [4.69, 9.17) is 4.74 Å². The van der Waals surface area contributed by atoms with Crippen LogP contribution in [0.3, 0.4) is 0 Å². The Kier molecular flexibility index (Phi) is 5.77. The third-order valence-electron chi connectivity index (χ3n) is 3.02. The molecule has 0 bridgehead atoms. The van der Waals surface area contributed by atoms with Crippen LogP contribution in [-0.4, -0.2) is 33.7 Å². The minimum atomic E-state index is -0.966. The van der Waals surface area contributed by atoms with Gasteiger partial charge >= 0.3 is 5.69 Å². The summed E-state index contributed by atoms with van der Waals surface area (Å²) in [5.74, 6) is -0.970. The van der Waals surface area contributed by atoms with Crippen molar-refractivity contribution in [2.24, 2.45) is 5.10 Å². The molecule has 2 N–H and O–H groups in total. The molecule has 0 atom stereocenters. The maximum absolute atomic E-state index is 11.6. The second-order valence-electron chi connectivity index (χ2n) is 4.81. The van der Waals surface area contributed by atoms with E-state index in [1.165, 1.54) is 0 Å². The smallest absolute Gasteiger partial charge is 0.318 e. The van der Waals surface area contributed by atoms with E-state index in [1.807, 2.05) is 0 Å². The number of nitrogens with zero attached hydrogens (tertiary/aromatic N) is 3. The topological polar surface area (TPSA) is 157 Å². The first-order valence-electron chi connectivity index (χ1n) is 7.04. The fraction of sp³-hybridized carbons (Fsp3) is 0.0667. The number of ether oxygens (including phenoxy) is 1. The number of benzene rings is 2. The Bertz CT molecular complexity index is 868. The quantitative estimate of drug-likeness (QED) is 0.432. The van der Waals surface area contributed by atoms with E-state index in [2.05, 4.69) is 10.5 Å². The van der Waals surface area contributed by atoms with Crippen molar-refractivity contribution in [2.45, 2.75) is 0 Å². The molecule has 0 saturated heterocycles. The number of hydrogen-bond donors (Lipinski definition) is 2. The first-order valence-corrected chi connectivity index (χ1v) is 7.04. The molecule has 0 saturated carbocycles. The van der Waals surface area contributed by atoms with Crippen LogP contribution >= 0.6 is 0 Å². The normalized spacial score (nSPS) is 10.5. The van der Waals surface area contributed by atoms with Gasteiger partial charge in [0.05, 0.1) is 27.7 Å². The predicted molar refractivity (Wildman–Crippen MR) is 89.1 cm³/mol. The summed E-state index contributed by atoms with van der Waals surface area (Å²) in [4.78, 5) is 31.5. The fourth-order valence-electron chi connectivity index (χ4n) is 1.84. The lowest BCUT2D eigenvalue weighted by Crippen LogP contribution is -2.24. The Morgan fingerprint density at radius 1 is 1.19 bits per heavy atom. The van der Waals surface area contributed by atoms with Crippen LogP contribution in [0.5, 0.6) is 11.5 Å². The number of nitrogens with one attached hydrogen (secondary N) is 1. The number of hydrazone groups is 1. The molecule has 11 nitrogen and oxygen atoms in total. The SMILES string of the molecule is O=C(COc1ccccc1)N/N=C/c1cc([N+](=O)[O-])cc([N+](=O)[O-])c1O. The first kappa shape index (κ1) is 18.3. The van der Waals surface area contributed by atoms with Gasteiger partial charge in [0.15, 0.2) is 6.61 Å². The van der Waals surface area contributed by atoms with Gasteiger partial charge in [-0.25, -0.2) is 5.43 Å². The van der Waals surface area contributed by atoms with Crippen LogP contribution in [0, 0.1) is 20.2 Å². The minimum absolute atomic E-state index is 0.296. The lowest BCUT2D eigenvalue weighted by Gasteiger charge is -2.04. The number of phenols is 1. The van der Waals surface area contributed by atoms with Crippen molar-refractivity contribution in [3.8, 4) is 11.5 Å². The van der Waals surface area contributed by atoms with E-state index >= 15 is 0 Å². The molecule has 0 aromatic heterocycles. The van der Waals surface area contributed by atoms with Crippen LogP contribution in [0.4, 0.5) is 11.4 Å². The number of amides is 1. The summed E-state index contributed by atoms with van der Waals surface area (Å²) >= 11 is 0. The number of nitro groups is 2. The Morgan fingerprint density at radius 2 is 1.88 bits per heavy atom. The third-order valence-corrected chi connectivity index (χ3v) is 3.02. The van der Waals surface area contributed by atoms with Crippen molar-refractivity contribution in [2.75, 3.05) is 6.61 Å². The summed E-state index contributed by atoms with van der Waals surface area (Å²) in [6.07, 6.45) is 0.857. The Labute approximate surface area is 145 Å². The molecule has 1 amide bonds. The molecule has 0 aliphatic carbocycles. The maximum Gasteiger partial charge on any atom is 0.318 e. The molecular weight excluding hydrogens is 348 g/mol. The first-order chi connectivity index (χ1) is 12.4. The Morgan fingerprint density at radius 3 is 2.50 bits per heavy atom. The highest BCUT2D eigenvalue weighted by Crippen LogP contribution is 2.33.